The lowest BCUT2D eigenvalue weighted by Gasteiger charge is -2.14. The van der Waals surface area contributed by atoms with Gasteiger partial charge in [0.2, 0.25) is 0 Å². The van der Waals surface area contributed by atoms with Crippen molar-refractivity contribution in [3.8, 4) is 0 Å². The molecule has 2 rings (SSSR count). The lowest BCUT2D eigenvalue weighted by molar-refractivity contribution is 0.546. The monoisotopic (exact) mass is 294 g/mol. The number of nitrogens with one attached hydrogen (secondary N) is 1. The van der Waals surface area contributed by atoms with Crippen molar-refractivity contribution in [3.05, 3.63) is 46.2 Å². The molecule has 4 nitrogen and oxygen atoms in total. The largest absolute Gasteiger partial charge is 0.305 e. The fraction of sp³-hybridized carbons (Fsp3) is 0.333. The maximum atomic E-state index is 3.90. The molecule has 0 fully saturated rings. The van der Waals surface area contributed by atoms with E-state index >= 15 is 0 Å². The third kappa shape index (κ3) is 3.14. The molecule has 1 heterocycles. The standard InChI is InChI=1S/C12H15BrN4/c1-9(10-4-3-5-11(13)6-10)14-7-12-8-15-16-17(12)2/h3-6,8-9,14H,7H2,1-2H3/t9-/m0/s1. The van der Waals surface area contributed by atoms with E-state index in [-0.39, 0.29) is 0 Å². The van der Waals surface area contributed by atoms with Gasteiger partial charge >= 0.3 is 0 Å². The van der Waals surface area contributed by atoms with Crippen molar-refractivity contribution in [2.24, 2.45) is 7.05 Å². The zero-order valence-corrected chi connectivity index (χ0v) is 11.5. The van der Waals surface area contributed by atoms with Crippen LogP contribution in [0.25, 0.3) is 0 Å². The van der Waals surface area contributed by atoms with Crippen LogP contribution in [-0.4, -0.2) is 15.0 Å². The van der Waals surface area contributed by atoms with Gasteiger partial charge in [-0.25, -0.2) is 0 Å². The Kier molecular flexibility index (Phi) is 3.91. The predicted molar refractivity (Wildman–Crippen MR) is 70.4 cm³/mol. The zero-order valence-electron chi connectivity index (χ0n) is 9.89. The number of halogens is 1. The third-order valence-electron chi connectivity index (χ3n) is 2.75. The Bertz CT molecular complexity index is 495. The molecule has 2 aromatic rings. The van der Waals surface area contributed by atoms with Crippen molar-refractivity contribution in [1.82, 2.24) is 20.3 Å². The summed E-state index contributed by atoms with van der Waals surface area (Å²) in [6.45, 7) is 2.91. The third-order valence-corrected chi connectivity index (χ3v) is 3.24. The molecular weight excluding hydrogens is 280 g/mol. The van der Waals surface area contributed by atoms with Crippen LogP contribution < -0.4 is 5.32 Å². The van der Waals surface area contributed by atoms with Crippen LogP contribution in [-0.2, 0) is 13.6 Å². The SMILES string of the molecule is C[C@H](NCc1cnnn1C)c1cccc(Br)c1. The highest BCUT2D eigenvalue weighted by atomic mass is 79.9. The molecule has 0 aliphatic heterocycles. The van der Waals surface area contributed by atoms with E-state index in [2.05, 4.69) is 50.6 Å². The smallest absolute Gasteiger partial charge is 0.0738 e. The fourth-order valence-electron chi connectivity index (χ4n) is 1.62. The molecule has 1 N–H and O–H groups in total. The Balaban J connectivity index is 1.98. The molecule has 0 spiro atoms. The minimum atomic E-state index is 0.294. The molecule has 0 saturated carbocycles. The second kappa shape index (κ2) is 5.42. The van der Waals surface area contributed by atoms with E-state index in [1.165, 1.54) is 5.56 Å². The molecule has 1 aromatic carbocycles. The van der Waals surface area contributed by atoms with Crippen molar-refractivity contribution in [1.29, 1.82) is 0 Å². The lowest BCUT2D eigenvalue weighted by atomic mass is 10.1. The van der Waals surface area contributed by atoms with E-state index in [4.69, 9.17) is 0 Å². The van der Waals surface area contributed by atoms with Gasteiger partial charge in [0.15, 0.2) is 0 Å². The lowest BCUT2D eigenvalue weighted by Crippen LogP contribution is -2.19. The summed E-state index contributed by atoms with van der Waals surface area (Å²) < 4.78 is 2.88. The van der Waals surface area contributed by atoms with Gasteiger partial charge < -0.3 is 5.32 Å². The van der Waals surface area contributed by atoms with Crippen molar-refractivity contribution in [3.63, 3.8) is 0 Å². The molecule has 0 aliphatic rings. The van der Waals surface area contributed by atoms with E-state index in [9.17, 15) is 0 Å². The zero-order chi connectivity index (χ0) is 12.3. The van der Waals surface area contributed by atoms with E-state index in [1.807, 2.05) is 19.2 Å². The predicted octanol–water partition coefficient (Wildman–Crippen LogP) is 2.43. The Labute approximate surface area is 109 Å². The summed E-state index contributed by atoms with van der Waals surface area (Å²) in [5, 5.41) is 11.2. The number of aromatic nitrogens is 3. The average Bonchev–Trinajstić information content (AvgIpc) is 2.72. The molecule has 1 aromatic heterocycles. The molecule has 0 bridgehead atoms. The normalized spacial score (nSPS) is 12.6. The summed E-state index contributed by atoms with van der Waals surface area (Å²) in [6.07, 6.45) is 1.78. The Hall–Kier alpha value is -1.20. The Morgan fingerprint density at radius 3 is 2.94 bits per heavy atom. The first kappa shape index (κ1) is 12.3. The Morgan fingerprint density at radius 1 is 1.47 bits per heavy atom. The molecule has 0 aliphatic carbocycles. The van der Waals surface area contributed by atoms with E-state index in [1.54, 1.807) is 10.9 Å². The van der Waals surface area contributed by atoms with Crippen LogP contribution in [0.15, 0.2) is 34.9 Å². The van der Waals surface area contributed by atoms with Gasteiger partial charge in [-0.15, -0.1) is 5.10 Å². The molecule has 90 valence electrons. The van der Waals surface area contributed by atoms with Crippen molar-refractivity contribution < 1.29 is 0 Å². The van der Waals surface area contributed by atoms with Gasteiger partial charge in [0.1, 0.15) is 0 Å². The molecule has 0 amide bonds. The van der Waals surface area contributed by atoms with Crippen LogP contribution in [0, 0.1) is 0 Å². The maximum Gasteiger partial charge on any atom is 0.0738 e. The Morgan fingerprint density at radius 2 is 2.29 bits per heavy atom. The number of nitrogens with zero attached hydrogens (tertiary/aromatic N) is 3. The molecule has 17 heavy (non-hydrogen) atoms. The first-order valence-corrected chi connectivity index (χ1v) is 6.28. The van der Waals surface area contributed by atoms with Crippen LogP contribution in [0.3, 0.4) is 0 Å². The second-order valence-corrected chi connectivity index (χ2v) is 4.92. The van der Waals surface area contributed by atoms with E-state index < -0.39 is 0 Å². The first-order chi connectivity index (χ1) is 8.16. The highest BCUT2D eigenvalue weighted by Crippen LogP contribution is 2.18. The molecule has 1 atom stereocenters. The topological polar surface area (TPSA) is 42.7 Å². The number of benzene rings is 1. The number of hydrogen-bond donors (Lipinski definition) is 1. The summed E-state index contributed by atoms with van der Waals surface area (Å²) in [7, 11) is 1.90. The highest BCUT2D eigenvalue weighted by Gasteiger charge is 2.06. The van der Waals surface area contributed by atoms with Crippen LogP contribution in [0.5, 0.6) is 0 Å². The van der Waals surface area contributed by atoms with Crippen molar-refractivity contribution in [2.45, 2.75) is 19.5 Å². The molecule has 0 saturated heterocycles. The maximum absolute atomic E-state index is 3.90. The van der Waals surface area contributed by atoms with Gasteiger partial charge in [-0.05, 0) is 24.6 Å². The summed E-state index contributed by atoms with van der Waals surface area (Å²) in [5.41, 5.74) is 2.33. The molecule has 0 radical (unpaired) electrons. The molecular formula is C12H15BrN4. The van der Waals surface area contributed by atoms with Gasteiger partial charge in [0.25, 0.3) is 0 Å². The second-order valence-electron chi connectivity index (χ2n) is 4.01. The average molecular weight is 295 g/mol. The molecule has 5 heteroatoms. The summed E-state index contributed by atoms with van der Waals surface area (Å²) >= 11 is 3.48. The van der Waals surface area contributed by atoms with Gasteiger partial charge in [-0.3, -0.25) is 4.68 Å². The number of rotatable bonds is 4. The van der Waals surface area contributed by atoms with Crippen molar-refractivity contribution >= 4 is 15.9 Å². The number of hydrogen-bond acceptors (Lipinski definition) is 3. The quantitative estimate of drug-likeness (QED) is 0.942. The van der Waals surface area contributed by atoms with Crippen molar-refractivity contribution in [2.75, 3.05) is 0 Å². The van der Waals surface area contributed by atoms with Gasteiger partial charge in [0, 0.05) is 24.1 Å². The van der Waals surface area contributed by atoms with Crippen LogP contribution in [0.4, 0.5) is 0 Å². The van der Waals surface area contributed by atoms with Gasteiger partial charge in [0.05, 0.1) is 11.9 Å². The van der Waals surface area contributed by atoms with Crippen LogP contribution in [0.2, 0.25) is 0 Å². The first-order valence-electron chi connectivity index (χ1n) is 5.49. The van der Waals surface area contributed by atoms with E-state index in [0.717, 1.165) is 16.7 Å². The summed E-state index contributed by atoms with van der Waals surface area (Å²) in [4.78, 5) is 0. The number of aryl methyl sites for hydroxylation is 1. The fourth-order valence-corrected chi connectivity index (χ4v) is 2.04. The minimum absolute atomic E-state index is 0.294. The van der Waals surface area contributed by atoms with Crippen LogP contribution in [0.1, 0.15) is 24.2 Å². The van der Waals surface area contributed by atoms with E-state index in [0.29, 0.717) is 6.04 Å². The summed E-state index contributed by atoms with van der Waals surface area (Å²) in [5.74, 6) is 0. The van der Waals surface area contributed by atoms with Gasteiger partial charge in [-0.2, -0.15) is 0 Å². The summed E-state index contributed by atoms with van der Waals surface area (Å²) in [6, 6.07) is 8.61. The van der Waals surface area contributed by atoms with Gasteiger partial charge in [-0.1, -0.05) is 33.3 Å². The highest BCUT2D eigenvalue weighted by molar-refractivity contribution is 9.10. The molecule has 0 unspecified atom stereocenters. The van der Waals surface area contributed by atoms with Crippen LogP contribution >= 0.6 is 15.9 Å². The minimum Gasteiger partial charge on any atom is -0.305 e.